The molecule has 1 aromatic carbocycles. The van der Waals surface area contributed by atoms with Crippen molar-refractivity contribution in [1.29, 1.82) is 0 Å². The van der Waals surface area contributed by atoms with Gasteiger partial charge in [0.1, 0.15) is 10.7 Å². The minimum absolute atomic E-state index is 0.118. The average molecular weight is 286 g/mol. The monoisotopic (exact) mass is 286 g/mol. The summed E-state index contributed by atoms with van der Waals surface area (Å²) in [6.07, 6.45) is 1.47. The van der Waals surface area contributed by atoms with Crippen LogP contribution >= 0.6 is 0 Å². The van der Waals surface area contributed by atoms with E-state index >= 15 is 0 Å². The van der Waals surface area contributed by atoms with Crippen LogP contribution in [0.15, 0.2) is 29.7 Å². The Morgan fingerprint density at radius 2 is 2.05 bits per heavy atom. The van der Waals surface area contributed by atoms with E-state index in [1.807, 2.05) is 0 Å². The van der Waals surface area contributed by atoms with Gasteiger partial charge < -0.3 is 5.73 Å². The van der Waals surface area contributed by atoms with Crippen LogP contribution in [0.1, 0.15) is 19.4 Å². The summed E-state index contributed by atoms with van der Waals surface area (Å²) in [5.41, 5.74) is 6.04. The largest absolute Gasteiger partial charge is 0.399 e. The number of aryl methyl sites for hydroxylation is 1. The molecule has 0 radical (unpaired) electrons. The summed E-state index contributed by atoms with van der Waals surface area (Å²) >= 11 is 0. The summed E-state index contributed by atoms with van der Waals surface area (Å²) in [6, 6.07) is 2.25. The van der Waals surface area contributed by atoms with Gasteiger partial charge in [0.15, 0.2) is 0 Å². The molecule has 0 fully saturated rings. The lowest BCUT2D eigenvalue weighted by Gasteiger charge is -2.25. The fourth-order valence-electron chi connectivity index (χ4n) is 1.79. The molecule has 19 heavy (non-hydrogen) atoms. The van der Waals surface area contributed by atoms with Crippen molar-refractivity contribution in [3.8, 4) is 0 Å². The minimum Gasteiger partial charge on any atom is -0.399 e. The molecule has 0 aliphatic carbocycles. The first-order chi connectivity index (χ1) is 8.71. The number of hydrogen-bond donors (Lipinski definition) is 1. The van der Waals surface area contributed by atoms with Crippen molar-refractivity contribution in [1.82, 2.24) is 4.31 Å². The smallest absolute Gasteiger partial charge is 0.246 e. The first kappa shape index (κ1) is 15.7. The van der Waals surface area contributed by atoms with Crippen LogP contribution < -0.4 is 5.73 Å². The summed E-state index contributed by atoms with van der Waals surface area (Å²) < 4.78 is 40.2. The number of nitrogen functional groups attached to an aromatic ring is 1. The van der Waals surface area contributed by atoms with Gasteiger partial charge in [-0.2, -0.15) is 4.31 Å². The van der Waals surface area contributed by atoms with Crippen LogP contribution in [0.25, 0.3) is 0 Å². The summed E-state index contributed by atoms with van der Waals surface area (Å²) in [6.45, 7) is 8.57. The Morgan fingerprint density at radius 3 is 2.53 bits per heavy atom. The number of nitrogens with zero attached hydrogens (tertiary/aromatic N) is 1. The third-order valence-corrected chi connectivity index (χ3v) is 4.76. The number of rotatable bonds is 5. The maximum atomic E-state index is 14.1. The van der Waals surface area contributed by atoms with E-state index in [1.54, 1.807) is 13.8 Å². The van der Waals surface area contributed by atoms with Gasteiger partial charge in [0, 0.05) is 18.3 Å². The zero-order valence-corrected chi connectivity index (χ0v) is 12.2. The van der Waals surface area contributed by atoms with Gasteiger partial charge in [0.25, 0.3) is 0 Å². The average Bonchev–Trinajstić information content (AvgIpc) is 2.29. The molecule has 0 spiro atoms. The Morgan fingerprint density at radius 1 is 1.47 bits per heavy atom. The van der Waals surface area contributed by atoms with Gasteiger partial charge >= 0.3 is 0 Å². The Labute approximate surface area is 113 Å². The van der Waals surface area contributed by atoms with Crippen molar-refractivity contribution in [2.45, 2.75) is 31.7 Å². The molecular formula is C13H19FN2O2S. The van der Waals surface area contributed by atoms with Crippen LogP contribution in [0, 0.1) is 12.7 Å². The third kappa shape index (κ3) is 3.13. The van der Waals surface area contributed by atoms with E-state index in [2.05, 4.69) is 6.58 Å². The predicted molar refractivity (Wildman–Crippen MR) is 74.8 cm³/mol. The molecule has 0 aliphatic heterocycles. The molecule has 0 unspecified atom stereocenters. The van der Waals surface area contributed by atoms with Crippen LogP contribution in [0.4, 0.5) is 10.1 Å². The maximum Gasteiger partial charge on any atom is 0.246 e. The molecule has 2 N–H and O–H groups in total. The topological polar surface area (TPSA) is 63.4 Å². The lowest BCUT2D eigenvalue weighted by Crippen LogP contribution is -2.37. The Balaban J connectivity index is 3.45. The number of sulfonamides is 1. The van der Waals surface area contributed by atoms with Crippen molar-refractivity contribution in [3.05, 3.63) is 36.2 Å². The van der Waals surface area contributed by atoms with Gasteiger partial charge in [-0.05, 0) is 38.5 Å². The number of anilines is 1. The van der Waals surface area contributed by atoms with E-state index in [4.69, 9.17) is 5.73 Å². The standard InChI is InChI=1S/C13H19FN2O2S/c1-5-6-16(9(2)3)19(17,18)12-8-11(15)7-10(4)13(12)14/h5,7-9H,1,6,15H2,2-4H3. The lowest BCUT2D eigenvalue weighted by molar-refractivity contribution is 0.380. The molecule has 0 atom stereocenters. The van der Waals surface area contributed by atoms with Crippen LogP contribution in [-0.4, -0.2) is 25.3 Å². The zero-order valence-electron chi connectivity index (χ0n) is 11.4. The Hall–Kier alpha value is -1.40. The van der Waals surface area contributed by atoms with Gasteiger partial charge in [-0.3, -0.25) is 0 Å². The van der Waals surface area contributed by atoms with Gasteiger partial charge in [0.05, 0.1) is 0 Å². The van der Waals surface area contributed by atoms with E-state index in [1.165, 1.54) is 23.4 Å². The zero-order chi connectivity index (χ0) is 14.8. The SMILES string of the molecule is C=CCN(C(C)C)S(=O)(=O)c1cc(N)cc(C)c1F. The highest BCUT2D eigenvalue weighted by Crippen LogP contribution is 2.25. The van der Waals surface area contributed by atoms with Crippen molar-refractivity contribution < 1.29 is 12.8 Å². The summed E-state index contributed by atoms with van der Waals surface area (Å²) in [4.78, 5) is -0.388. The van der Waals surface area contributed by atoms with Gasteiger partial charge in [-0.1, -0.05) is 6.08 Å². The summed E-state index contributed by atoms with van der Waals surface area (Å²) in [5, 5.41) is 0. The second kappa shape index (κ2) is 5.71. The molecule has 0 aromatic heterocycles. The first-order valence-corrected chi connectivity index (χ1v) is 7.34. The van der Waals surface area contributed by atoms with E-state index in [-0.39, 0.29) is 28.7 Å². The fourth-order valence-corrected chi connectivity index (χ4v) is 3.57. The quantitative estimate of drug-likeness (QED) is 0.667. The summed E-state index contributed by atoms with van der Waals surface area (Å²) in [5.74, 6) is -0.760. The molecule has 6 heteroatoms. The van der Waals surface area contributed by atoms with Crippen molar-refractivity contribution in [2.24, 2.45) is 0 Å². The van der Waals surface area contributed by atoms with E-state index in [0.717, 1.165) is 6.07 Å². The molecule has 0 amide bonds. The molecule has 0 saturated carbocycles. The fraction of sp³-hybridized carbons (Fsp3) is 0.385. The highest BCUT2D eigenvalue weighted by molar-refractivity contribution is 7.89. The van der Waals surface area contributed by atoms with Crippen LogP contribution in [0.5, 0.6) is 0 Å². The summed E-state index contributed by atoms with van der Waals surface area (Å²) in [7, 11) is -3.93. The third-order valence-electron chi connectivity index (χ3n) is 2.72. The number of benzene rings is 1. The first-order valence-electron chi connectivity index (χ1n) is 5.90. The molecule has 106 valence electrons. The lowest BCUT2D eigenvalue weighted by atomic mass is 10.2. The molecule has 1 aromatic rings. The highest BCUT2D eigenvalue weighted by Gasteiger charge is 2.29. The van der Waals surface area contributed by atoms with Crippen LogP contribution in [0.3, 0.4) is 0 Å². The van der Waals surface area contributed by atoms with Crippen molar-refractivity contribution in [2.75, 3.05) is 12.3 Å². The highest BCUT2D eigenvalue weighted by atomic mass is 32.2. The number of hydrogen-bond acceptors (Lipinski definition) is 3. The predicted octanol–water partition coefficient (Wildman–Crippen LogP) is 2.30. The van der Waals surface area contributed by atoms with E-state index < -0.39 is 15.8 Å². The van der Waals surface area contributed by atoms with Crippen LogP contribution in [-0.2, 0) is 10.0 Å². The van der Waals surface area contributed by atoms with Crippen LogP contribution in [0.2, 0.25) is 0 Å². The minimum atomic E-state index is -3.93. The molecular weight excluding hydrogens is 267 g/mol. The molecule has 0 aliphatic rings. The molecule has 0 saturated heterocycles. The molecule has 0 heterocycles. The molecule has 4 nitrogen and oxygen atoms in total. The van der Waals surface area contributed by atoms with Gasteiger partial charge in [-0.15, -0.1) is 6.58 Å². The second-order valence-corrected chi connectivity index (χ2v) is 6.47. The second-order valence-electron chi connectivity index (χ2n) is 4.61. The number of halogens is 1. The van der Waals surface area contributed by atoms with E-state index in [0.29, 0.717) is 0 Å². The van der Waals surface area contributed by atoms with Gasteiger partial charge in [0.2, 0.25) is 10.0 Å². The van der Waals surface area contributed by atoms with Crippen molar-refractivity contribution in [3.63, 3.8) is 0 Å². The maximum absolute atomic E-state index is 14.1. The Kier molecular flexibility index (Phi) is 4.70. The molecule has 0 bridgehead atoms. The van der Waals surface area contributed by atoms with Crippen molar-refractivity contribution >= 4 is 15.7 Å². The number of nitrogens with two attached hydrogens (primary N) is 1. The van der Waals surface area contributed by atoms with E-state index in [9.17, 15) is 12.8 Å². The van der Waals surface area contributed by atoms with Gasteiger partial charge in [-0.25, -0.2) is 12.8 Å². The Bertz CT molecular complexity index is 583. The normalized spacial score (nSPS) is 12.1. The molecule has 1 rings (SSSR count).